The smallest absolute Gasteiger partial charge is 0.0726 e. The predicted octanol–water partition coefficient (Wildman–Crippen LogP) is 2.32. The van der Waals surface area contributed by atoms with E-state index in [0.29, 0.717) is 23.0 Å². The number of hydrogen-bond donors (Lipinski definition) is 1. The third-order valence-electron chi connectivity index (χ3n) is 3.25. The molecule has 1 unspecified atom stereocenters. The molecule has 1 atom stereocenters. The highest BCUT2D eigenvalue weighted by Gasteiger charge is 2.31. The van der Waals surface area contributed by atoms with E-state index in [1.54, 1.807) is 0 Å². The molecule has 1 saturated heterocycles. The summed E-state index contributed by atoms with van der Waals surface area (Å²) in [6.07, 6.45) is 5.59. The first kappa shape index (κ1) is 12.4. The average molecular weight is 286 g/mol. The fourth-order valence-electron chi connectivity index (χ4n) is 2.23. The van der Waals surface area contributed by atoms with E-state index in [1.807, 2.05) is 0 Å². The van der Waals surface area contributed by atoms with Crippen LogP contribution in [0.3, 0.4) is 0 Å². The van der Waals surface area contributed by atoms with E-state index in [9.17, 15) is 0 Å². The van der Waals surface area contributed by atoms with Crippen molar-refractivity contribution >= 4 is 15.9 Å². The fourth-order valence-corrected chi connectivity index (χ4v) is 2.36. The second-order valence-electron chi connectivity index (χ2n) is 4.78. The first-order chi connectivity index (χ1) is 7.74. The Morgan fingerprint density at radius 2 is 1.94 bits per heavy atom. The fraction of sp³-hybridized carbons (Fsp3) is 0.846. The Balaban J connectivity index is 1.63. The molecule has 0 bridgehead atoms. The largest absolute Gasteiger partial charge is 0.375 e. The summed E-state index contributed by atoms with van der Waals surface area (Å²) in [5.74, 6) is 7.04. The van der Waals surface area contributed by atoms with E-state index in [1.165, 1.54) is 12.8 Å². The van der Waals surface area contributed by atoms with Crippen LogP contribution in [0.15, 0.2) is 0 Å². The van der Waals surface area contributed by atoms with Gasteiger partial charge in [0.05, 0.1) is 17.0 Å². The van der Waals surface area contributed by atoms with E-state index in [0.717, 1.165) is 25.9 Å². The van der Waals surface area contributed by atoms with Crippen LogP contribution >= 0.6 is 15.9 Å². The Bertz CT molecular complexity index is 269. The molecule has 1 heterocycles. The van der Waals surface area contributed by atoms with Crippen molar-refractivity contribution in [3.63, 3.8) is 0 Å². The summed E-state index contributed by atoms with van der Waals surface area (Å²) < 4.78 is 6.04. The van der Waals surface area contributed by atoms with Gasteiger partial charge in [0.15, 0.2) is 0 Å². The molecule has 2 fully saturated rings. The maximum absolute atomic E-state index is 6.04. The third-order valence-corrected chi connectivity index (χ3v) is 3.48. The van der Waals surface area contributed by atoms with Crippen molar-refractivity contribution in [3.8, 4) is 11.8 Å². The number of halogens is 1. The summed E-state index contributed by atoms with van der Waals surface area (Å²) in [7, 11) is 0. The molecule has 1 aliphatic carbocycles. The van der Waals surface area contributed by atoms with Crippen LogP contribution in [0.1, 0.15) is 32.6 Å². The molecule has 16 heavy (non-hydrogen) atoms. The highest BCUT2D eigenvalue weighted by atomic mass is 79.9. The quantitative estimate of drug-likeness (QED) is 0.621. The number of piperidine rings is 1. The van der Waals surface area contributed by atoms with Gasteiger partial charge in [-0.25, -0.2) is 0 Å². The molecule has 0 spiro atoms. The number of nitrogens with one attached hydrogen (secondary N) is 1. The molecular formula is C13H20BrNO. The van der Waals surface area contributed by atoms with E-state index in [-0.39, 0.29) is 0 Å². The van der Waals surface area contributed by atoms with Gasteiger partial charge < -0.3 is 10.1 Å². The molecule has 0 aromatic heterocycles. The van der Waals surface area contributed by atoms with Crippen molar-refractivity contribution in [1.82, 2.24) is 5.32 Å². The van der Waals surface area contributed by atoms with E-state index < -0.39 is 0 Å². The minimum Gasteiger partial charge on any atom is -0.375 e. The highest BCUT2D eigenvalue weighted by molar-refractivity contribution is 9.09. The lowest BCUT2D eigenvalue weighted by Gasteiger charge is -2.36. The molecule has 2 nitrogen and oxygen atoms in total. The normalized spacial score (nSPS) is 32.4. The van der Waals surface area contributed by atoms with E-state index in [2.05, 4.69) is 40.0 Å². The Hall–Kier alpha value is -0.0400. The summed E-state index contributed by atoms with van der Waals surface area (Å²) >= 11 is 3.44. The van der Waals surface area contributed by atoms with Crippen molar-refractivity contribution in [2.24, 2.45) is 5.92 Å². The molecule has 1 aliphatic heterocycles. The van der Waals surface area contributed by atoms with Gasteiger partial charge in [-0.2, -0.15) is 0 Å². The molecule has 2 rings (SSSR count). The summed E-state index contributed by atoms with van der Waals surface area (Å²) in [6, 6.07) is 0. The maximum atomic E-state index is 6.04. The van der Waals surface area contributed by atoms with Crippen LogP contribution in [0, 0.1) is 17.8 Å². The van der Waals surface area contributed by atoms with Gasteiger partial charge in [-0.3, -0.25) is 0 Å². The summed E-state index contributed by atoms with van der Waals surface area (Å²) in [5, 5.41) is 3.36. The number of ether oxygens (including phenoxy) is 1. The number of alkyl halides is 1. The maximum Gasteiger partial charge on any atom is 0.0726 e. The van der Waals surface area contributed by atoms with Crippen LogP contribution < -0.4 is 5.32 Å². The van der Waals surface area contributed by atoms with Crippen molar-refractivity contribution in [1.29, 1.82) is 0 Å². The lowest BCUT2D eigenvalue weighted by atomic mass is 9.82. The molecule has 0 aromatic carbocycles. The zero-order valence-corrected chi connectivity index (χ0v) is 11.4. The predicted molar refractivity (Wildman–Crippen MR) is 69.7 cm³/mol. The van der Waals surface area contributed by atoms with Crippen molar-refractivity contribution in [2.75, 3.05) is 13.1 Å². The summed E-state index contributed by atoms with van der Waals surface area (Å²) in [5.41, 5.74) is 0. The monoisotopic (exact) mass is 285 g/mol. The van der Waals surface area contributed by atoms with Crippen LogP contribution in [0.4, 0.5) is 0 Å². The minimum absolute atomic E-state index is 0.317. The number of hydrogen-bond acceptors (Lipinski definition) is 2. The average Bonchev–Trinajstić information content (AvgIpc) is 2.22. The van der Waals surface area contributed by atoms with Gasteiger partial charge in [0, 0.05) is 5.92 Å². The molecule has 0 aromatic rings. The molecule has 1 saturated carbocycles. The Morgan fingerprint density at radius 3 is 2.56 bits per heavy atom. The van der Waals surface area contributed by atoms with Gasteiger partial charge in [-0.15, -0.1) is 0 Å². The van der Waals surface area contributed by atoms with Gasteiger partial charge >= 0.3 is 0 Å². The standard InChI is InChI=1S/C13H20BrNO/c1-10(14)2-3-11-8-13(9-11)16-12-4-6-15-7-5-12/h10-13,15H,4-9H2,1H3. The molecule has 3 heteroatoms. The van der Waals surface area contributed by atoms with Crippen LogP contribution in [0.2, 0.25) is 0 Å². The van der Waals surface area contributed by atoms with Crippen LogP contribution in [0.5, 0.6) is 0 Å². The number of rotatable bonds is 2. The Morgan fingerprint density at radius 1 is 1.25 bits per heavy atom. The second kappa shape index (κ2) is 6.05. The van der Waals surface area contributed by atoms with Crippen molar-refractivity contribution < 1.29 is 4.74 Å². The van der Waals surface area contributed by atoms with Crippen LogP contribution in [-0.4, -0.2) is 30.1 Å². The molecule has 90 valence electrons. The van der Waals surface area contributed by atoms with Crippen LogP contribution in [-0.2, 0) is 4.74 Å². The molecule has 2 aliphatic rings. The third kappa shape index (κ3) is 3.76. The lowest BCUT2D eigenvalue weighted by Crippen LogP contribution is -2.39. The van der Waals surface area contributed by atoms with Crippen LogP contribution in [0.25, 0.3) is 0 Å². The molecule has 0 amide bonds. The van der Waals surface area contributed by atoms with Gasteiger partial charge in [0.25, 0.3) is 0 Å². The first-order valence-corrected chi connectivity index (χ1v) is 7.17. The van der Waals surface area contributed by atoms with Gasteiger partial charge in [-0.1, -0.05) is 27.8 Å². The molecule has 1 N–H and O–H groups in total. The van der Waals surface area contributed by atoms with Crippen molar-refractivity contribution in [3.05, 3.63) is 0 Å². The SMILES string of the molecule is CC(Br)C#CC1CC(OC2CCNCC2)C1. The molecule has 0 radical (unpaired) electrons. The van der Waals surface area contributed by atoms with Gasteiger partial charge in [-0.05, 0) is 45.7 Å². The highest BCUT2D eigenvalue weighted by Crippen LogP contribution is 2.31. The Kier molecular flexibility index (Phi) is 4.69. The summed E-state index contributed by atoms with van der Waals surface area (Å²) in [4.78, 5) is 0.317. The van der Waals surface area contributed by atoms with E-state index >= 15 is 0 Å². The second-order valence-corrected chi connectivity index (χ2v) is 6.15. The van der Waals surface area contributed by atoms with Crippen molar-refractivity contribution in [2.45, 2.75) is 49.6 Å². The zero-order valence-electron chi connectivity index (χ0n) is 9.84. The van der Waals surface area contributed by atoms with Gasteiger partial charge in [0.2, 0.25) is 0 Å². The van der Waals surface area contributed by atoms with E-state index in [4.69, 9.17) is 4.74 Å². The Labute approximate surface area is 107 Å². The minimum atomic E-state index is 0.317. The lowest BCUT2D eigenvalue weighted by molar-refractivity contribution is -0.0743. The summed E-state index contributed by atoms with van der Waals surface area (Å²) in [6.45, 7) is 4.29. The van der Waals surface area contributed by atoms with Gasteiger partial charge in [0.1, 0.15) is 0 Å². The molecular weight excluding hydrogens is 266 g/mol. The zero-order chi connectivity index (χ0) is 11.4. The topological polar surface area (TPSA) is 21.3 Å². The first-order valence-electron chi connectivity index (χ1n) is 6.25.